The molecule has 0 fully saturated rings. The Morgan fingerprint density at radius 3 is 2.14 bits per heavy atom. The van der Waals surface area contributed by atoms with Crippen LogP contribution in [0, 0.1) is 0 Å². The Labute approximate surface area is 249 Å². The molecule has 0 saturated carbocycles. The molecule has 0 heterocycles. The predicted octanol–water partition coefficient (Wildman–Crippen LogP) is 7.50. The number of benzene rings is 4. The van der Waals surface area contributed by atoms with Gasteiger partial charge in [-0.25, -0.2) is 0 Å². The van der Waals surface area contributed by atoms with Crippen LogP contribution < -0.4 is 16.0 Å². The van der Waals surface area contributed by atoms with Gasteiger partial charge >= 0.3 is 6.18 Å². The number of carbonyl (C=O) groups is 3. The molecule has 0 aliphatic heterocycles. The summed E-state index contributed by atoms with van der Waals surface area (Å²) in [6, 6.07) is 26.2. The highest BCUT2D eigenvalue weighted by Gasteiger charge is 2.30. The Hall–Kier alpha value is -4.54. The molecule has 6 nitrogen and oxygen atoms in total. The molecule has 4 rings (SSSR count). The van der Waals surface area contributed by atoms with Gasteiger partial charge in [0, 0.05) is 26.9 Å². The van der Waals surface area contributed by atoms with Crippen LogP contribution in [0.15, 0.2) is 114 Å². The molecule has 0 spiro atoms. The monoisotopic (exact) mass is 609 g/mol. The fourth-order valence-corrected chi connectivity index (χ4v) is 4.53. The highest BCUT2D eigenvalue weighted by atomic mass is 35.5. The predicted molar refractivity (Wildman–Crippen MR) is 159 cm³/mol. The van der Waals surface area contributed by atoms with E-state index in [-0.39, 0.29) is 17.1 Å². The Morgan fingerprint density at radius 1 is 0.786 bits per heavy atom. The number of hydrogen-bond acceptors (Lipinski definition) is 4. The van der Waals surface area contributed by atoms with Crippen LogP contribution >= 0.6 is 23.4 Å². The minimum atomic E-state index is -4.52. The van der Waals surface area contributed by atoms with Crippen LogP contribution in [0.5, 0.6) is 0 Å². The first-order chi connectivity index (χ1) is 20.1. The maximum Gasteiger partial charge on any atom is 0.416 e. The van der Waals surface area contributed by atoms with Gasteiger partial charge in [0.2, 0.25) is 5.91 Å². The van der Waals surface area contributed by atoms with Gasteiger partial charge in [0.25, 0.3) is 11.8 Å². The molecular weight excluding hydrogens is 587 g/mol. The number of anilines is 2. The van der Waals surface area contributed by atoms with E-state index >= 15 is 0 Å². The van der Waals surface area contributed by atoms with Crippen LogP contribution in [0.1, 0.15) is 21.5 Å². The number of carbonyl (C=O) groups excluding carboxylic acids is 3. The lowest BCUT2D eigenvalue weighted by Gasteiger charge is -2.12. The molecule has 4 aromatic rings. The molecule has 0 aliphatic rings. The quantitative estimate of drug-likeness (QED) is 0.135. The van der Waals surface area contributed by atoms with Gasteiger partial charge in [0.15, 0.2) is 0 Å². The average molecular weight is 610 g/mol. The summed E-state index contributed by atoms with van der Waals surface area (Å²) < 4.78 is 38.8. The standard InChI is InChI=1S/C31H23ClF3N3O3S/c32-23-14-12-20(13-15-23)16-27(38-29(40)21-6-2-1-3-7-21)30(41)37-25-10-5-11-26(18-25)42-19-28(39)36-24-9-4-8-22(17-24)31(33,34)35/h1-18H,19H2,(H,36,39)(H,37,41)(H,38,40)/b27-16-. The number of rotatable bonds is 9. The van der Waals surface area contributed by atoms with Crippen molar-refractivity contribution in [3.8, 4) is 0 Å². The first-order valence-electron chi connectivity index (χ1n) is 12.4. The van der Waals surface area contributed by atoms with Crippen molar-refractivity contribution in [1.29, 1.82) is 0 Å². The first-order valence-corrected chi connectivity index (χ1v) is 13.8. The summed E-state index contributed by atoms with van der Waals surface area (Å²) in [5.74, 6) is -1.63. The van der Waals surface area contributed by atoms with E-state index in [1.54, 1.807) is 78.9 Å². The normalized spacial score (nSPS) is 11.5. The van der Waals surface area contributed by atoms with Gasteiger partial charge in [0.05, 0.1) is 11.3 Å². The van der Waals surface area contributed by atoms with Gasteiger partial charge in [-0.3, -0.25) is 14.4 Å². The lowest BCUT2D eigenvalue weighted by atomic mass is 10.1. The third-order valence-corrected chi connectivity index (χ3v) is 6.89. The van der Waals surface area contributed by atoms with Crippen molar-refractivity contribution in [3.63, 3.8) is 0 Å². The Kier molecular flexibility index (Phi) is 10.1. The van der Waals surface area contributed by atoms with E-state index < -0.39 is 29.5 Å². The zero-order chi connectivity index (χ0) is 30.1. The van der Waals surface area contributed by atoms with Gasteiger partial charge in [-0.1, -0.05) is 54.1 Å². The Morgan fingerprint density at radius 2 is 1.45 bits per heavy atom. The van der Waals surface area contributed by atoms with E-state index in [4.69, 9.17) is 11.6 Å². The summed E-state index contributed by atoms with van der Waals surface area (Å²) in [6.45, 7) is 0. The third-order valence-electron chi connectivity index (χ3n) is 5.65. The second-order valence-corrected chi connectivity index (χ2v) is 10.3. The van der Waals surface area contributed by atoms with Crippen molar-refractivity contribution in [2.24, 2.45) is 0 Å². The van der Waals surface area contributed by atoms with Crippen LogP contribution in [0.25, 0.3) is 6.08 Å². The number of amides is 3. The van der Waals surface area contributed by atoms with E-state index in [0.717, 1.165) is 23.9 Å². The molecule has 11 heteroatoms. The van der Waals surface area contributed by atoms with Crippen LogP contribution in [0.3, 0.4) is 0 Å². The molecular formula is C31H23ClF3N3O3S. The van der Waals surface area contributed by atoms with Crippen LogP contribution in [0.4, 0.5) is 24.5 Å². The highest BCUT2D eigenvalue weighted by Crippen LogP contribution is 2.31. The lowest BCUT2D eigenvalue weighted by molar-refractivity contribution is -0.137. The van der Waals surface area contributed by atoms with Gasteiger partial charge in [-0.05, 0) is 72.3 Å². The zero-order valence-corrected chi connectivity index (χ0v) is 23.3. The topological polar surface area (TPSA) is 87.3 Å². The Bertz CT molecular complexity index is 1610. The first kappa shape index (κ1) is 30.4. The molecule has 0 bridgehead atoms. The molecule has 42 heavy (non-hydrogen) atoms. The molecule has 0 radical (unpaired) electrons. The molecule has 214 valence electrons. The lowest BCUT2D eigenvalue weighted by Crippen LogP contribution is -2.30. The zero-order valence-electron chi connectivity index (χ0n) is 21.7. The van der Waals surface area contributed by atoms with Crippen molar-refractivity contribution < 1.29 is 27.6 Å². The van der Waals surface area contributed by atoms with Crippen LogP contribution in [0.2, 0.25) is 5.02 Å². The number of thioether (sulfide) groups is 1. The molecule has 0 aromatic heterocycles. The second kappa shape index (κ2) is 13.9. The molecule has 3 amide bonds. The van der Waals surface area contributed by atoms with Crippen molar-refractivity contribution >= 4 is 58.5 Å². The minimum Gasteiger partial charge on any atom is -0.325 e. The second-order valence-electron chi connectivity index (χ2n) is 8.83. The highest BCUT2D eigenvalue weighted by molar-refractivity contribution is 8.00. The largest absolute Gasteiger partial charge is 0.416 e. The summed E-state index contributed by atoms with van der Waals surface area (Å²) in [5.41, 5.74) is 0.571. The van der Waals surface area contributed by atoms with Gasteiger partial charge in [-0.2, -0.15) is 13.2 Å². The molecule has 0 unspecified atom stereocenters. The third kappa shape index (κ3) is 8.98. The number of nitrogens with one attached hydrogen (secondary N) is 3. The minimum absolute atomic E-state index is 0.00954. The average Bonchev–Trinajstić information content (AvgIpc) is 2.97. The summed E-state index contributed by atoms with van der Waals surface area (Å²) in [6.07, 6.45) is -3.00. The molecule has 3 N–H and O–H groups in total. The van der Waals surface area contributed by atoms with Crippen LogP contribution in [-0.2, 0) is 15.8 Å². The maximum absolute atomic E-state index is 13.3. The molecule has 0 aliphatic carbocycles. The molecule has 0 atom stereocenters. The maximum atomic E-state index is 13.3. The van der Waals surface area contributed by atoms with Crippen molar-refractivity contribution in [1.82, 2.24) is 5.32 Å². The molecule has 0 saturated heterocycles. The fourth-order valence-electron chi connectivity index (χ4n) is 3.65. The van der Waals surface area contributed by atoms with Crippen molar-refractivity contribution in [2.45, 2.75) is 11.1 Å². The summed E-state index contributed by atoms with van der Waals surface area (Å²) in [5, 5.41) is 8.38. The van der Waals surface area contributed by atoms with E-state index in [2.05, 4.69) is 16.0 Å². The van der Waals surface area contributed by atoms with Gasteiger partial charge < -0.3 is 16.0 Å². The van der Waals surface area contributed by atoms with E-state index in [9.17, 15) is 27.6 Å². The number of halogens is 4. The summed E-state index contributed by atoms with van der Waals surface area (Å²) >= 11 is 7.10. The number of alkyl halides is 3. The number of hydrogen-bond donors (Lipinski definition) is 3. The van der Waals surface area contributed by atoms with Crippen LogP contribution in [-0.4, -0.2) is 23.5 Å². The van der Waals surface area contributed by atoms with Crippen molar-refractivity contribution in [2.75, 3.05) is 16.4 Å². The van der Waals surface area contributed by atoms with E-state index in [0.29, 0.717) is 26.7 Å². The SMILES string of the molecule is O=C(CSc1cccc(NC(=O)/C(=C/c2ccc(Cl)cc2)NC(=O)c2ccccc2)c1)Nc1cccc(C(F)(F)F)c1. The van der Waals surface area contributed by atoms with Gasteiger partial charge in [0.1, 0.15) is 5.70 Å². The van der Waals surface area contributed by atoms with E-state index in [1.807, 2.05) is 0 Å². The Balaban J connectivity index is 1.43. The van der Waals surface area contributed by atoms with Gasteiger partial charge in [-0.15, -0.1) is 11.8 Å². The smallest absolute Gasteiger partial charge is 0.325 e. The van der Waals surface area contributed by atoms with E-state index in [1.165, 1.54) is 18.2 Å². The van der Waals surface area contributed by atoms with Crippen molar-refractivity contribution in [3.05, 3.63) is 131 Å². The summed E-state index contributed by atoms with van der Waals surface area (Å²) in [7, 11) is 0. The summed E-state index contributed by atoms with van der Waals surface area (Å²) in [4.78, 5) is 39.1. The fraction of sp³-hybridized carbons (Fsp3) is 0.0645. The molecule has 4 aromatic carbocycles.